The molecule has 0 amide bonds. The van der Waals surface area contributed by atoms with Gasteiger partial charge in [0.1, 0.15) is 105 Å². The first-order chi connectivity index (χ1) is 28.0. The first-order valence-electron chi connectivity index (χ1n) is 18.4. The van der Waals surface area contributed by atoms with Crippen LogP contribution in [0.3, 0.4) is 0 Å². The van der Waals surface area contributed by atoms with Gasteiger partial charge in [-0.25, -0.2) is 9.59 Å². The maximum atomic E-state index is 11.6. The van der Waals surface area contributed by atoms with E-state index in [1.807, 2.05) is 0 Å². The highest BCUT2D eigenvalue weighted by Gasteiger charge is 2.56. The zero-order valence-electron chi connectivity index (χ0n) is 31.8. The highest BCUT2D eigenvalue weighted by atomic mass is 16.8. The van der Waals surface area contributed by atoms with Gasteiger partial charge in [-0.15, -0.1) is 0 Å². The van der Waals surface area contributed by atoms with Crippen LogP contribution in [-0.4, -0.2) is 249 Å². The molecule has 26 nitrogen and oxygen atoms in total. The second kappa shape index (κ2) is 22.6. The number of aliphatic hydroxyl groups excluding tert-OH is 9. The third-order valence-electron chi connectivity index (χ3n) is 10.1. The van der Waals surface area contributed by atoms with Crippen LogP contribution in [0.5, 0.6) is 0 Å². The highest BCUT2D eigenvalue weighted by molar-refractivity contribution is 5.68. The summed E-state index contributed by atoms with van der Waals surface area (Å²) in [6, 6.07) is 0. The molecule has 0 radical (unpaired) electrons. The number of carboxylic acid groups (broad SMARTS) is 3. The van der Waals surface area contributed by atoms with E-state index in [2.05, 4.69) is 0 Å². The van der Waals surface area contributed by atoms with E-state index < -0.39 is 174 Å². The van der Waals surface area contributed by atoms with Crippen molar-refractivity contribution in [3.8, 4) is 0 Å². The van der Waals surface area contributed by atoms with E-state index in [9.17, 15) is 65.4 Å². The molecule has 0 saturated carbocycles. The lowest BCUT2D eigenvalue weighted by atomic mass is 9.94. The zero-order chi connectivity index (χ0) is 43.7. The molecule has 12 N–H and O–H groups in total. The van der Waals surface area contributed by atoms with Gasteiger partial charge in [0.2, 0.25) is 0 Å². The van der Waals surface area contributed by atoms with Crippen molar-refractivity contribution in [2.75, 3.05) is 47.3 Å². The van der Waals surface area contributed by atoms with Crippen LogP contribution in [0, 0.1) is 0 Å². The second-order valence-electron chi connectivity index (χ2n) is 14.1. The van der Waals surface area contributed by atoms with E-state index in [4.69, 9.17) is 62.3 Å². The maximum absolute atomic E-state index is 11.6. The lowest BCUT2D eigenvalue weighted by Crippen LogP contribution is -2.67. The molecule has 4 aliphatic rings. The van der Waals surface area contributed by atoms with Gasteiger partial charge < -0.3 is 113 Å². The normalized spacial score (nSPS) is 43.0. The molecule has 4 fully saturated rings. The zero-order valence-corrected chi connectivity index (χ0v) is 31.8. The van der Waals surface area contributed by atoms with Gasteiger partial charge in [-0.05, 0) is 12.8 Å². The predicted octanol–water partition coefficient (Wildman–Crippen LogP) is -6.96. The van der Waals surface area contributed by atoms with E-state index >= 15 is 0 Å². The van der Waals surface area contributed by atoms with E-state index in [0.717, 1.165) is 0 Å². The van der Waals surface area contributed by atoms with Gasteiger partial charge in [-0.1, -0.05) is 0 Å². The minimum absolute atomic E-state index is 0.00620. The van der Waals surface area contributed by atoms with Crippen LogP contribution in [0.1, 0.15) is 19.3 Å². The molecule has 0 bridgehead atoms. The van der Waals surface area contributed by atoms with Crippen molar-refractivity contribution in [2.45, 2.75) is 142 Å². The Morgan fingerprint density at radius 3 is 1.46 bits per heavy atom. The van der Waals surface area contributed by atoms with Crippen molar-refractivity contribution in [1.29, 1.82) is 0 Å². The quantitative estimate of drug-likeness (QED) is 0.0510. The van der Waals surface area contributed by atoms with Crippen molar-refractivity contribution in [2.24, 2.45) is 0 Å². The Morgan fingerprint density at radius 1 is 0.492 bits per heavy atom. The summed E-state index contributed by atoms with van der Waals surface area (Å²) in [6.07, 6.45) is -34.4. The molecule has 0 aromatic carbocycles. The fourth-order valence-electron chi connectivity index (χ4n) is 7.12. The summed E-state index contributed by atoms with van der Waals surface area (Å²) < 4.78 is 60.9. The molecule has 0 aliphatic carbocycles. The molecule has 20 atom stereocenters. The Morgan fingerprint density at radius 2 is 0.949 bits per heavy atom. The molecule has 4 heterocycles. The van der Waals surface area contributed by atoms with Gasteiger partial charge in [-0.3, -0.25) is 4.79 Å². The van der Waals surface area contributed by atoms with Crippen molar-refractivity contribution < 1.29 is 128 Å². The van der Waals surface area contributed by atoms with E-state index in [1.54, 1.807) is 0 Å². The lowest BCUT2D eigenvalue weighted by Gasteiger charge is -2.49. The molecule has 4 rings (SSSR count). The Bertz CT molecular complexity index is 1320. The predicted molar refractivity (Wildman–Crippen MR) is 181 cm³/mol. The molecule has 0 aromatic heterocycles. The molecule has 342 valence electrons. The number of carbonyl (C=O) groups is 3. The van der Waals surface area contributed by atoms with Crippen LogP contribution in [0.25, 0.3) is 0 Å². The molecular formula is C33H54O26. The lowest BCUT2D eigenvalue weighted by molar-refractivity contribution is -0.390. The topological polar surface area (TPSA) is 396 Å². The fourth-order valence-corrected chi connectivity index (χ4v) is 7.12. The van der Waals surface area contributed by atoms with E-state index in [1.165, 1.54) is 14.2 Å². The standard InChI is InChI=1S/C33H54O26/c1-49-25-14(8-51-9-16(38)39)56-32(22(46)18(25)42)57-27-12(6-34)54-31(23(47)20(27)44)58-28-13(7-35)55-33(29(24(28)48)52-10-17(40)41)59-26-11(4-3-5-15(36)37)53-30(50-2)21(45)19(26)43/h11-14,18-35,42-48H,3-10H2,1-2H3,(H,36,37)(H,38,39)(H,40,41)/t11-,12-,13?,14?,18?,19?,20?,21?,22-,23?,24-,25+,26+,27+,28+,29?,30+,31-,32-,33-/m0/s1. The SMILES string of the molecule is CO[C@@H]1O[C@@H](CCCC(=O)O)[C@@H](O[C@@H]2OC(CO)[C@@H](O[C@@H]3O[C@@H](CO)[C@@H](O[C@@H]4OC(COCC(=O)O)[C@@H](OC)C(O)[C@@H]4O)C(O)C3O)[C@H](O)C2OCC(=O)O)C(O)C1O. The average molecular weight is 867 g/mol. The smallest absolute Gasteiger partial charge is 0.329 e. The Kier molecular flexibility index (Phi) is 18.9. The molecule has 0 aromatic rings. The molecule has 8 unspecified atom stereocenters. The summed E-state index contributed by atoms with van der Waals surface area (Å²) in [5.74, 6) is -3.97. The number of rotatable bonds is 21. The summed E-state index contributed by atoms with van der Waals surface area (Å²) in [7, 11) is 2.36. The maximum Gasteiger partial charge on any atom is 0.329 e. The number of hydrogen-bond donors (Lipinski definition) is 12. The molecule has 4 aliphatic heterocycles. The highest BCUT2D eigenvalue weighted by Crippen LogP contribution is 2.36. The molecule has 26 heteroatoms. The molecular weight excluding hydrogens is 812 g/mol. The van der Waals surface area contributed by atoms with E-state index in [0.29, 0.717) is 0 Å². The number of aliphatic carboxylic acids is 3. The van der Waals surface area contributed by atoms with Crippen LogP contribution in [0.2, 0.25) is 0 Å². The van der Waals surface area contributed by atoms with Crippen molar-refractivity contribution >= 4 is 17.9 Å². The van der Waals surface area contributed by atoms with Gasteiger partial charge in [-0.2, -0.15) is 0 Å². The monoisotopic (exact) mass is 866 g/mol. The summed E-state index contributed by atoms with van der Waals surface area (Å²) in [5.41, 5.74) is 0. The summed E-state index contributed by atoms with van der Waals surface area (Å²) in [4.78, 5) is 33.6. The van der Waals surface area contributed by atoms with Gasteiger partial charge in [0.15, 0.2) is 25.2 Å². The Hall–Kier alpha value is -2.39. The van der Waals surface area contributed by atoms with Gasteiger partial charge >= 0.3 is 17.9 Å². The number of carboxylic acids is 3. The average Bonchev–Trinajstić information content (AvgIpc) is 3.19. The van der Waals surface area contributed by atoms with Gasteiger partial charge in [0.05, 0.1) is 25.9 Å². The molecule has 0 spiro atoms. The summed E-state index contributed by atoms with van der Waals surface area (Å²) in [6.45, 7) is -4.20. The van der Waals surface area contributed by atoms with Gasteiger partial charge in [0.25, 0.3) is 0 Å². The van der Waals surface area contributed by atoms with Gasteiger partial charge in [0, 0.05) is 20.6 Å². The van der Waals surface area contributed by atoms with Crippen molar-refractivity contribution in [3.05, 3.63) is 0 Å². The summed E-state index contributed by atoms with van der Waals surface area (Å²) in [5, 5.41) is 125. The fraction of sp³-hybridized carbons (Fsp3) is 0.909. The number of aliphatic hydroxyl groups is 9. The number of methoxy groups -OCH3 is 2. The Labute approximate surface area is 335 Å². The van der Waals surface area contributed by atoms with Crippen LogP contribution >= 0.6 is 0 Å². The third kappa shape index (κ3) is 12.2. The Balaban J connectivity index is 1.51. The van der Waals surface area contributed by atoms with Crippen molar-refractivity contribution in [1.82, 2.24) is 0 Å². The minimum Gasteiger partial charge on any atom is -0.481 e. The van der Waals surface area contributed by atoms with Crippen LogP contribution in [0.15, 0.2) is 0 Å². The first-order valence-corrected chi connectivity index (χ1v) is 18.4. The minimum atomic E-state index is -2.11. The van der Waals surface area contributed by atoms with E-state index in [-0.39, 0.29) is 19.3 Å². The second-order valence-corrected chi connectivity index (χ2v) is 14.1. The molecule has 59 heavy (non-hydrogen) atoms. The van der Waals surface area contributed by atoms with Crippen LogP contribution in [-0.2, 0) is 66.5 Å². The third-order valence-corrected chi connectivity index (χ3v) is 10.1. The molecule has 4 saturated heterocycles. The number of hydrogen-bond acceptors (Lipinski definition) is 23. The summed E-state index contributed by atoms with van der Waals surface area (Å²) >= 11 is 0. The first kappa shape index (κ1) is 49.3. The van der Waals surface area contributed by atoms with Crippen molar-refractivity contribution in [3.63, 3.8) is 0 Å². The van der Waals surface area contributed by atoms with Crippen LogP contribution < -0.4 is 0 Å². The van der Waals surface area contributed by atoms with Crippen LogP contribution in [0.4, 0.5) is 0 Å². The number of ether oxygens (including phenoxy) is 11. The largest absolute Gasteiger partial charge is 0.481 e.